The average molecular weight is 902 g/mol. The average Bonchev–Trinajstić information content (AvgIpc) is 4.08. The fourth-order valence-corrected chi connectivity index (χ4v) is 10.3. The highest BCUT2D eigenvalue weighted by Crippen LogP contribution is 2.41. The van der Waals surface area contributed by atoms with Crippen LogP contribution in [0.5, 0.6) is 0 Å². The van der Waals surface area contributed by atoms with Gasteiger partial charge in [-0.3, -0.25) is 9.38 Å². The maximum atomic E-state index is 5.06. The van der Waals surface area contributed by atoms with Crippen molar-refractivity contribution in [3.05, 3.63) is 258 Å². The quantitative estimate of drug-likeness (QED) is 0.115. The first-order valence-electron chi connectivity index (χ1n) is 24.3. The summed E-state index contributed by atoms with van der Waals surface area (Å²) in [5, 5.41) is 8.14. The second-order valence-corrected chi connectivity index (χ2v) is 18.5. The van der Waals surface area contributed by atoms with Crippen molar-refractivity contribution in [3.63, 3.8) is 0 Å². The zero-order chi connectivity index (χ0) is 47.0. The van der Waals surface area contributed by atoms with Crippen molar-refractivity contribution in [1.29, 1.82) is 0 Å². The number of nitrogens with zero attached hydrogens (tertiary/aromatic N) is 5. The zero-order valence-corrected chi connectivity index (χ0v) is 39.4. The Bertz CT molecular complexity index is 3810. The van der Waals surface area contributed by atoms with Gasteiger partial charge in [-0.15, -0.1) is 0 Å². The summed E-state index contributed by atoms with van der Waals surface area (Å²) in [6.45, 7) is 4.28. The Morgan fingerprint density at radius 3 is 1.83 bits per heavy atom. The number of para-hydroxylation sites is 1. The topological polar surface area (TPSA) is 48.0 Å². The molecule has 4 aromatic heterocycles. The minimum absolute atomic E-state index is 0.909. The van der Waals surface area contributed by atoms with Crippen LogP contribution in [0.15, 0.2) is 225 Å². The Kier molecular flexibility index (Phi) is 11.2. The van der Waals surface area contributed by atoms with Gasteiger partial charge in [0.25, 0.3) is 0 Å². The van der Waals surface area contributed by atoms with E-state index >= 15 is 0 Å². The molecule has 0 amide bonds. The molecule has 0 saturated carbocycles. The van der Waals surface area contributed by atoms with Gasteiger partial charge in [-0.25, -0.2) is 9.67 Å². The molecule has 0 aliphatic carbocycles. The number of fused-ring (bicyclic) bond motifs is 6. The molecule has 4 heterocycles. The fourth-order valence-electron chi connectivity index (χ4n) is 10.3. The van der Waals surface area contributed by atoms with Crippen LogP contribution in [0.4, 0.5) is 0 Å². The van der Waals surface area contributed by atoms with Crippen molar-refractivity contribution in [3.8, 4) is 61.5 Å². The molecule has 8 aromatic carbocycles. The maximum Gasteiger partial charge on any atom is 0.145 e. The van der Waals surface area contributed by atoms with Crippen LogP contribution in [0.25, 0.3) is 88.8 Å². The number of pyridine rings is 2. The molecule has 12 rings (SSSR count). The highest BCUT2D eigenvalue weighted by Gasteiger charge is 2.18. The Morgan fingerprint density at radius 2 is 1.06 bits per heavy atom. The monoisotopic (exact) mass is 901 g/mol. The van der Waals surface area contributed by atoms with Gasteiger partial charge in [0, 0.05) is 40.6 Å². The predicted molar refractivity (Wildman–Crippen MR) is 289 cm³/mol. The normalized spacial score (nSPS) is 11.5. The standard InChI is InChI=1S/C65H51N5/c1-44-45(2)70-64-19-9-8-17-59(64)62-42-47(26-34-60(62)65(70)68-44)21-23-49-39-48(22-20-46-24-32-55(33-25-46)69-38-12-37-67-69)40-54(41-49)56-15-6-7-16-57(56)58-35-31-53(63-18-10-11-36-66-63)43-61(58)52-29-27-51(28-30-52)50-13-4-3-5-14-50/h3-19,24-43H,20-23H2,1-2H3. The minimum Gasteiger partial charge on any atom is -0.296 e. The van der Waals surface area contributed by atoms with Crippen LogP contribution in [0.1, 0.15) is 33.6 Å². The van der Waals surface area contributed by atoms with E-state index in [-0.39, 0.29) is 0 Å². The highest BCUT2D eigenvalue weighted by atomic mass is 15.3. The molecule has 0 aliphatic rings. The van der Waals surface area contributed by atoms with Crippen molar-refractivity contribution < 1.29 is 0 Å². The molecule has 336 valence electrons. The van der Waals surface area contributed by atoms with E-state index in [1.807, 2.05) is 35.4 Å². The Labute approximate surface area is 409 Å². The van der Waals surface area contributed by atoms with Crippen LogP contribution in [0.3, 0.4) is 0 Å². The number of benzene rings is 8. The van der Waals surface area contributed by atoms with E-state index in [4.69, 9.17) is 9.97 Å². The van der Waals surface area contributed by atoms with E-state index in [2.05, 4.69) is 217 Å². The molecule has 5 nitrogen and oxygen atoms in total. The molecule has 0 saturated heterocycles. The summed E-state index contributed by atoms with van der Waals surface area (Å²) in [7, 11) is 0. The smallest absolute Gasteiger partial charge is 0.145 e. The third-order valence-electron chi connectivity index (χ3n) is 14.1. The van der Waals surface area contributed by atoms with Crippen LogP contribution < -0.4 is 0 Å². The number of aromatic nitrogens is 5. The lowest BCUT2D eigenvalue weighted by Crippen LogP contribution is -1.99. The summed E-state index contributed by atoms with van der Waals surface area (Å²) >= 11 is 0. The Hall–Kier alpha value is -8.67. The van der Waals surface area contributed by atoms with Crippen molar-refractivity contribution in [1.82, 2.24) is 24.1 Å². The Balaban J connectivity index is 0.934. The molecule has 5 heteroatoms. The third-order valence-corrected chi connectivity index (χ3v) is 14.1. The molecule has 0 atom stereocenters. The van der Waals surface area contributed by atoms with Crippen molar-refractivity contribution in [2.45, 2.75) is 39.5 Å². The summed E-state index contributed by atoms with van der Waals surface area (Å²) in [4.78, 5) is 9.81. The van der Waals surface area contributed by atoms with E-state index in [0.29, 0.717) is 0 Å². The van der Waals surface area contributed by atoms with Gasteiger partial charge in [-0.05, 0) is 154 Å². The molecule has 0 aliphatic heterocycles. The van der Waals surface area contributed by atoms with Gasteiger partial charge in [0.05, 0.1) is 22.6 Å². The molecule has 0 bridgehead atoms. The molecule has 0 N–H and O–H groups in total. The SMILES string of the molecule is Cc1nc2c3ccc(CCc4cc(CCc5ccc(-n6cccn6)cc5)cc(-c5ccccc5-c5ccc(-c6ccccn6)cc5-c5ccc(-c6ccccc6)cc5)c4)cc3c3ccccc3n2c1C. The first-order chi connectivity index (χ1) is 34.5. The third kappa shape index (κ3) is 8.26. The molecular weight excluding hydrogens is 851 g/mol. The molecular formula is C65H51N5. The second kappa shape index (κ2) is 18.4. The summed E-state index contributed by atoms with van der Waals surface area (Å²) in [5.74, 6) is 0. The van der Waals surface area contributed by atoms with Crippen LogP contribution in [-0.4, -0.2) is 24.1 Å². The summed E-state index contributed by atoms with van der Waals surface area (Å²) in [6, 6.07) is 75.4. The van der Waals surface area contributed by atoms with E-state index < -0.39 is 0 Å². The van der Waals surface area contributed by atoms with E-state index in [9.17, 15) is 0 Å². The lowest BCUT2D eigenvalue weighted by atomic mass is 9.86. The van der Waals surface area contributed by atoms with Gasteiger partial charge in [-0.1, -0.05) is 164 Å². The van der Waals surface area contributed by atoms with Gasteiger partial charge < -0.3 is 0 Å². The molecule has 0 spiro atoms. The molecule has 0 fully saturated rings. The van der Waals surface area contributed by atoms with Gasteiger partial charge in [-0.2, -0.15) is 5.10 Å². The second-order valence-electron chi connectivity index (χ2n) is 18.5. The first-order valence-corrected chi connectivity index (χ1v) is 24.3. The highest BCUT2D eigenvalue weighted by molar-refractivity contribution is 6.12. The number of rotatable bonds is 12. The number of hydrogen-bond donors (Lipinski definition) is 0. The molecule has 12 aromatic rings. The molecule has 70 heavy (non-hydrogen) atoms. The van der Waals surface area contributed by atoms with Gasteiger partial charge in [0.1, 0.15) is 5.65 Å². The molecule has 0 radical (unpaired) electrons. The van der Waals surface area contributed by atoms with Crippen LogP contribution in [0.2, 0.25) is 0 Å². The lowest BCUT2D eigenvalue weighted by molar-refractivity contribution is 0.876. The van der Waals surface area contributed by atoms with Gasteiger partial charge in [0.15, 0.2) is 0 Å². The van der Waals surface area contributed by atoms with Gasteiger partial charge in [0.2, 0.25) is 0 Å². The first kappa shape index (κ1) is 42.7. The number of hydrogen-bond acceptors (Lipinski definition) is 3. The summed E-state index contributed by atoms with van der Waals surface area (Å²) < 4.78 is 4.23. The predicted octanol–water partition coefficient (Wildman–Crippen LogP) is 15.7. The molecule has 0 unspecified atom stereocenters. The minimum atomic E-state index is 0.909. The van der Waals surface area contributed by atoms with Crippen molar-refractivity contribution >= 4 is 27.3 Å². The number of imidazole rings is 1. The van der Waals surface area contributed by atoms with E-state index in [1.54, 1.807) is 0 Å². The van der Waals surface area contributed by atoms with Crippen LogP contribution in [-0.2, 0) is 25.7 Å². The van der Waals surface area contributed by atoms with Crippen LogP contribution >= 0.6 is 0 Å². The lowest BCUT2D eigenvalue weighted by Gasteiger charge is -2.18. The van der Waals surface area contributed by atoms with Gasteiger partial charge >= 0.3 is 0 Å². The van der Waals surface area contributed by atoms with Crippen molar-refractivity contribution in [2.24, 2.45) is 0 Å². The number of aryl methyl sites for hydroxylation is 6. The Morgan fingerprint density at radius 1 is 0.400 bits per heavy atom. The van der Waals surface area contributed by atoms with Crippen LogP contribution in [0, 0.1) is 13.8 Å². The summed E-state index contributed by atoms with van der Waals surface area (Å²) in [6.07, 6.45) is 9.35. The maximum absolute atomic E-state index is 5.06. The van der Waals surface area contributed by atoms with E-state index in [1.165, 1.54) is 88.6 Å². The summed E-state index contributed by atoms with van der Waals surface area (Å²) in [5.41, 5.74) is 22.5. The zero-order valence-electron chi connectivity index (χ0n) is 39.4. The largest absolute Gasteiger partial charge is 0.296 e. The van der Waals surface area contributed by atoms with Crippen molar-refractivity contribution in [2.75, 3.05) is 0 Å². The van der Waals surface area contributed by atoms with E-state index in [0.717, 1.165) is 59.5 Å². The fraction of sp³-hybridized carbons (Fsp3) is 0.0923.